The number of aryl methyl sites for hydroxylation is 2. The van der Waals surface area contributed by atoms with Gasteiger partial charge in [0.1, 0.15) is 5.58 Å². The molecule has 3 nitrogen and oxygen atoms in total. The molecule has 1 radical (unpaired) electrons. The van der Waals surface area contributed by atoms with E-state index in [-0.39, 0.29) is 31.2 Å². The van der Waals surface area contributed by atoms with Crippen LogP contribution in [0.2, 0.25) is 0 Å². The van der Waals surface area contributed by atoms with Crippen molar-refractivity contribution in [3.63, 3.8) is 0 Å². The third-order valence-electron chi connectivity index (χ3n) is 7.90. The molecule has 0 spiro atoms. The quantitative estimate of drug-likeness (QED) is 0.150. The molecule has 0 fully saturated rings. The average Bonchev–Trinajstić information content (AvgIpc) is 3.52. The van der Waals surface area contributed by atoms with Gasteiger partial charge in [0.05, 0.1) is 5.58 Å². The Kier molecular flexibility index (Phi) is 8.37. The molecular formula is C44H42IrN2O-2. The number of pyridine rings is 2. The van der Waals surface area contributed by atoms with E-state index < -0.39 is 20.1 Å². The molecule has 7 aromatic rings. The Morgan fingerprint density at radius 1 is 0.750 bits per heavy atom. The maximum atomic E-state index is 8.66. The van der Waals surface area contributed by atoms with Crippen LogP contribution in [0.15, 0.2) is 114 Å². The fraction of sp³-hybridized carbons (Fsp3) is 0.227. The second-order valence-electron chi connectivity index (χ2n) is 12.4. The smallest absolute Gasteiger partial charge is 0.120 e. The zero-order valence-electron chi connectivity index (χ0n) is 35.4. The zero-order valence-corrected chi connectivity index (χ0v) is 29.8. The summed E-state index contributed by atoms with van der Waals surface area (Å²) in [6, 6.07) is 35.5. The Morgan fingerprint density at radius 2 is 1.54 bits per heavy atom. The van der Waals surface area contributed by atoms with Crippen molar-refractivity contribution < 1.29 is 35.5 Å². The van der Waals surface area contributed by atoms with Crippen LogP contribution in [0.4, 0.5) is 0 Å². The SMILES string of the molecule is [2H]C([2H])([2H])c1c[c-]c(-c2cc(CC(C)C)c(C([2H])([2H])[2H])cn2)cc1.[2H]C([2H])(c1ccccc1)c1ccnc(-c2[c-]cc3oc4ccc(C(C)C)cc4c3c2)c1.[Ir]. The molecule has 0 unspecified atom stereocenters. The Balaban J connectivity index is 0.000000218. The van der Waals surface area contributed by atoms with Crippen molar-refractivity contribution in [3.05, 3.63) is 155 Å². The van der Waals surface area contributed by atoms with Gasteiger partial charge >= 0.3 is 0 Å². The van der Waals surface area contributed by atoms with E-state index in [9.17, 15) is 0 Å². The topological polar surface area (TPSA) is 38.9 Å². The van der Waals surface area contributed by atoms with Crippen LogP contribution in [0, 0.1) is 31.8 Å². The van der Waals surface area contributed by atoms with E-state index in [1.165, 1.54) is 23.9 Å². The molecule has 7 rings (SSSR count). The number of nitrogens with zero attached hydrogens (tertiary/aromatic N) is 2. The minimum Gasteiger partial charge on any atom is -0.500 e. The van der Waals surface area contributed by atoms with Gasteiger partial charge in [-0.3, -0.25) is 0 Å². The molecule has 4 aromatic carbocycles. The molecule has 0 amide bonds. The Labute approximate surface area is 310 Å². The Bertz CT molecular complexity index is 2420. The second-order valence-corrected chi connectivity index (χ2v) is 12.4. The van der Waals surface area contributed by atoms with E-state index >= 15 is 0 Å². The van der Waals surface area contributed by atoms with Crippen LogP contribution in [-0.4, -0.2) is 9.97 Å². The van der Waals surface area contributed by atoms with Gasteiger partial charge in [0, 0.05) is 48.9 Å². The fourth-order valence-corrected chi connectivity index (χ4v) is 5.43. The van der Waals surface area contributed by atoms with Crippen molar-refractivity contribution in [3.8, 4) is 22.5 Å². The normalized spacial score (nSPS) is 14.4. The third kappa shape index (κ3) is 8.37. The van der Waals surface area contributed by atoms with Crippen LogP contribution in [0.3, 0.4) is 0 Å². The van der Waals surface area contributed by atoms with Crippen molar-refractivity contribution in [2.75, 3.05) is 0 Å². The molecule has 0 saturated carbocycles. The van der Waals surface area contributed by atoms with Crippen molar-refractivity contribution in [2.24, 2.45) is 5.92 Å². The molecule has 48 heavy (non-hydrogen) atoms. The molecule has 245 valence electrons. The molecule has 0 aliphatic carbocycles. The number of fused-ring (bicyclic) bond motifs is 3. The maximum absolute atomic E-state index is 8.66. The van der Waals surface area contributed by atoms with Gasteiger partial charge in [0.2, 0.25) is 0 Å². The molecule has 3 heterocycles. The molecule has 0 aliphatic rings. The number of hydrogen-bond donors (Lipinski definition) is 0. The molecule has 0 aliphatic heterocycles. The Morgan fingerprint density at radius 3 is 2.27 bits per heavy atom. The molecule has 0 atom stereocenters. The third-order valence-corrected chi connectivity index (χ3v) is 7.90. The van der Waals surface area contributed by atoms with Crippen molar-refractivity contribution in [1.82, 2.24) is 9.97 Å². The summed E-state index contributed by atoms with van der Waals surface area (Å²) in [4.78, 5) is 8.75. The van der Waals surface area contributed by atoms with Crippen LogP contribution < -0.4 is 0 Å². The monoisotopic (exact) mass is 815 g/mol. The first kappa shape index (κ1) is 25.6. The molecule has 0 N–H and O–H groups in total. The average molecular weight is 815 g/mol. The van der Waals surface area contributed by atoms with Gasteiger partial charge in [-0.2, -0.15) is 0 Å². The first-order valence-electron chi connectivity index (χ1n) is 19.8. The number of aromatic nitrogens is 2. The summed E-state index contributed by atoms with van der Waals surface area (Å²) in [5.74, 6) is 0.742. The van der Waals surface area contributed by atoms with E-state index in [4.69, 9.17) is 15.4 Å². The van der Waals surface area contributed by atoms with E-state index in [2.05, 4.69) is 48.1 Å². The van der Waals surface area contributed by atoms with Gasteiger partial charge in [-0.05, 0) is 83.3 Å². The van der Waals surface area contributed by atoms with Crippen molar-refractivity contribution >= 4 is 21.9 Å². The second kappa shape index (κ2) is 15.7. The van der Waals surface area contributed by atoms with E-state index in [0.29, 0.717) is 46.3 Å². The largest absolute Gasteiger partial charge is 0.500 e. The first-order chi connectivity index (χ1) is 25.9. The summed E-state index contributed by atoms with van der Waals surface area (Å²) >= 11 is 0. The van der Waals surface area contributed by atoms with Gasteiger partial charge in [0.25, 0.3) is 0 Å². The zero-order chi connectivity index (χ0) is 39.7. The number of rotatable bonds is 7. The van der Waals surface area contributed by atoms with Crippen molar-refractivity contribution in [1.29, 1.82) is 0 Å². The van der Waals surface area contributed by atoms with E-state index in [0.717, 1.165) is 33.1 Å². The van der Waals surface area contributed by atoms with Crippen LogP contribution in [0.5, 0.6) is 0 Å². The van der Waals surface area contributed by atoms with E-state index in [1.54, 1.807) is 24.4 Å². The summed E-state index contributed by atoms with van der Waals surface area (Å²) in [6.45, 7) is 4.04. The molecule has 3 aromatic heterocycles. The molecular weight excluding hydrogens is 765 g/mol. The van der Waals surface area contributed by atoms with Crippen molar-refractivity contribution in [2.45, 2.75) is 60.1 Å². The fourth-order valence-electron chi connectivity index (χ4n) is 5.43. The van der Waals surface area contributed by atoms with Crippen LogP contribution >= 0.6 is 0 Å². The molecule has 0 bridgehead atoms. The minimum absolute atomic E-state index is 0. The summed E-state index contributed by atoms with van der Waals surface area (Å²) in [5, 5.41) is 2.09. The van der Waals surface area contributed by atoms with Gasteiger partial charge in [-0.1, -0.05) is 94.0 Å². The Hall–Kier alpha value is -4.37. The van der Waals surface area contributed by atoms with E-state index in [1.807, 2.05) is 68.4 Å². The van der Waals surface area contributed by atoms with Crippen LogP contribution in [-0.2, 0) is 32.9 Å². The summed E-state index contributed by atoms with van der Waals surface area (Å²) < 4.78 is 68.5. The summed E-state index contributed by atoms with van der Waals surface area (Å²) in [6.07, 6.45) is 2.08. The predicted octanol–water partition coefficient (Wildman–Crippen LogP) is 11.5. The minimum atomic E-state index is -2.20. The first-order valence-corrected chi connectivity index (χ1v) is 15.8. The standard InChI is InChI=1S/C27H22NO.C17H20N.Ir/c1-18(2)21-8-10-26-23(16-21)24-17-22(9-11-27(24)29-26)25-15-20(12-13-28-25)14-19-6-4-3-5-7-19;1-12(2)9-16-10-17(18-11-14(16)4)15-7-5-13(3)6-8-15;/h3-8,10-13,15-18H,14H2,1-2H3;5-7,10-12H,9H2,1-4H3;/q2*-1;/i14D2;3D3,4D3;. The number of hydrogen-bond acceptors (Lipinski definition) is 3. The van der Waals surface area contributed by atoms with Gasteiger partial charge < -0.3 is 14.4 Å². The molecule has 4 heteroatoms. The summed E-state index contributed by atoms with van der Waals surface area (Å²) in [7, 11) is 0. The van der Waals surface area contributed by atoms with Gasteiger partial charge in [0.15, 0.2) is 0 Å². The summed E-state index contributed by atoms with van der Waals surface area (Å²) in [5.41, 5.74) is 8.05. The van der Waals surface area contributed by atoms with Gasteiger partial charge in [-0.25, -0.2) is 0 Å². The van der Waals surface area contributed by atoms with Gasteiger partial charge in [-0.15, -0.1) is 59.2 Å². The van der Waals surface area contributed by atoms with Crippen LogP contribution in [0.25, 0.3) is 44.5 Å². The molecule has 0 saturated heterocycles. The maximum Gasteiger partial charge on any atom is 0.120 e. The predicted molar refractivity (Wildman–Crippen MR) is 196 cm³/mol. The number of benzene rings is 4. The van der Waals surface area contributed by atoms with Crippen LogP contribution in [0.1, 0.15) is 78.0 Å². The number of furan rings is 1.